The average Bonchev–Trinajstić information content (AvgIpc) is 3.12. The van der Waals surface area contributed by atoms with E-state index in [2.05, 4.69) is 15.3 Å². The molecule has 2 aromatic heterocycles. The van der Waals surface area contributed by atoms with Gasteiger partial charge in [0.1, 0.15) is 11.4 Å². The summed E-state index contributed by atoms with van der Waals surface area (Å²) in [6, 6.07) is 24.4. The highest BCUT2D eigenvalue weighted by Crippen LogP contribution is 2.33. The molecule has 3 heterocycles. The first-order valence-electron chi connectivity index (χ1n) is 15.8. The number of aliphatic carboxylic acids is 1. The number of pyridine rings is 2. The number of carboxylic acids is 1. The number of hydrogen-bond acceptors (Lipinski definition) is 8. The first kappa shape index (κ1) is 32.6. The number of carbonyl (C=O) groups is 2. The van der Waals surface area contributed by atoms with Gasteiger partial charge in [-0.05, 0) is 66.3 Å². The second kappa shape index (κ2) is 13.8. The molecule has 6 N–H and O–H groups in total. The van der Waals surface area contributed by atoms with E-state index >= 15 is 0 Å². The SMILES string of the molecule is O=C(c1ccc(-c2cccc([C@](O)(C(=O)O)c3ccccc3)c2)cn1)N1CCC(CNC[C@H](O)c2ccc(O)c3[nH]c(=O)ccc23)CC1. The largest absolute Gasteiger partial charge is 0.506 e. The second-order valence-electron chi connectivity index (χ2n) is 12.1. The molecule has 6 rings (SSSR count). The Labute approximate surface area is 276 Å². The van der Waals surface area contributed by atoms with Crippen molar-refractivity contribution >= 4 is 22.8 Å². The molecule has 0 saturated carbocycles. The van der Waals surface area contributed by atoms with Gasteiger partial charge in [-0.3, -0.25) is 14.6 Å². The number of amides is 1. The number of piperidine rings is 1. The van der Waals surface area contributed by atoms with Gasteiger partial charge in [0.05, 0.1) is 11.6 Å². The molecule has 11 nitrogen and oxygen atoms in total. The summed E-state index contributed by atoms with van der Waals surface area (Å²) in [4.78, 5) is 46.0. The lowest BCUT2D eigenvalue weighted by Crippen LogP contribution is -2.41. The predicted octanol–water partition coefficient (Wildman–Crippen LogP) is 3.79. The van der Waals surface area contributed by atoms with Crippen molar-refractivity contribution in [2.75, 3.05) is 26.2 Å². The number of nitrogens with one attached hydrogen (secondary N) is 2. The molecule has 1 amide bonds. The fraction of sp³-hybridized carbons (Fsp3) is 0.243. The Hall–Kier alpha value is -5.36. The van der Waals surface area contributed by atoms with Crippen LogP contribution in [0.3, 0.4) is 0 Å². The summed E-state index contributed by atoms with van der Waals surface area (Å²) in [7, 11) is 0. The number of aromatic hydroxyl groups is 1. The first-order valence-corrected chi connectivity index (χ1v) is 15.8. The van der Waals surface area contributed by atoms with Crippen LogP contribution in [0.1, 0.15) is 46.1 Å². The summed E-state index contributed by atoms with van der Waals surface area (Å²) in [5.41, 5.74) is 0.421. The van der Waals surface area contributed by atoms with Crippen molar-refractivity contribution < 1.29 is 30.0 Å². The molecule has 0 bridgehead atoms. The minimum Gasteiger partial charge on any atom is -0.506 e. The molecule has 0 unspecified atom stereocenters. The lowest BCUT2D eigenvalue weighted by Gasteiger charge is -2.32. The van der Waals surface area contributed by atoms with E-state index in [1.807, 2.05) is 0 Å². The molecule has 0 spiro atoms. The van der Waals surface area contributed by atoms with Gasteiger partial charge in [-0.1, -0.05) is 60.7 Å². The van der Waals surface area contributed by atoms with Crippen molar-refractivity contribution in [1.82, 2.24) is 20.2 Å². The molecule has 1 fully saturated rings. The summed E-state index contributed by atoms with van der Waals surface area (Å²) >= 11 is 0. The molecule has 2 atom stereocenters. The predicted molar refractivity (Wildman–Crippen MR) is 179 cm³/mol. The molecule has 1 saturated heterocycles. The zero-order valence-corrected chi connectivity index (χ0v) is 26.0. The van der Waals surface area contributed by atoms with Crippen LogP contribution in [0.5, 0.6) is 5.75 Å². The molecule has 1 aliphatic heterocycles. The molecular formula is C37H36N4O7. The summed E-state index contributed by atoms with van der Waals surface area (Å²) in [5, 5.41) is 46.0. The molecular weight excluding hydrogens is 612 g/mol. The van der Waals surface area contributed by atoms with Crippen LogP contribution in [0.25, 0.3) is 22.0 Å². The van der Waals surface area contributed by atoms with Crippen molar-refractivity contribution in [2.24, 2.45) is 5.92 Å². The van der Waals surface area contributed by atoms with Gasteiger partial charge in [-0.15, -0.1) is 0 Å². The number of likely N-dealkylation sites (tertiary alicyclic amines) is 1. The summed E-state index contributed by atoms with van der Waals surface area (Å²) < 4.78 is 0. The van der Waals surface area contributed by atoms with E-state index in [1.54, 1.807) is 90.0 Å². The number of fused-ring (bicyclic) bond motifs is 1. The van der Waals surface area contributed by atoms with Gasteiger partial charge in [-0.2, -0.15) is 0 Å². The van der Waals surface area contributed by atoms with Crippen LogP contribution in [0, 0.1) is 5.92 Å². The molecule has 0 radical (unpaired) electrons. The molecule has 3 aromatic carbocycles. The smallest absolute Gasteiger partial charge is 0.345 e. The number of hydrogen-bond donors (Lipinski definition) is 6. The monoisotopic (exact) mass is 648 g/mol. The normalized spacial score (nSPS) is 15.6. The van der Waals surface area contributed by atoms with Crippen molar-refractivity contribution in [3.63, 3.8) is 0 Å². The Balaban J connectivity index is 1.03. The molecule has 246 valence electrons. The fourth-order valence-electron chi connectivity index (χ4n) is 6.29. The van der Waals surface area contributed by atoms with Crippen LogP contribution >= 0.6 is 0 Å². The molecule has 1 aliphatic rings. The van der Waals surface area contributed by atoms with Crippen LogP contribution in [-0.4, -0.2) is 73.3 Å². The van der Waals surface area contributed by atoms with Crippen LogP contribution < -0.4 is 10.9 Å². The molecule has 0 aliphatic carbocycles. The Morgan fingerprint density at radius 1 is 0.938 bits per heavy atom. The highest BCUT2D eigenvalue weighted by molar-refractivity contribution is 5.93. The van der Waals surface area contributed by atoms with Gasteiger partial charge in [-0.25, -0.2) is 4.79 Å². The van der Waals surface area contributed by atoms with Crippen molar-refractivity contribution in [1.29, 1.82) is 0 Å². The lowest BCUT2D eigenvalue weighted by atomic mass is 9.85. The Bertz CT molecular complexity index is 1990. The van der Waals surface area contributed by atoms with Gasteiger partial charge in [0.2, 0.25) is 11.2 Å². The van der Waals surface area contributed by atoms with E-state index < -0.39 is 17.7 Å². The molecule has 11 heteroatoms. The van der Waals surface area contributed by atoms with Crippen LogP contribution in [0.15, 0.2) is 102 Å². The van der Waals surface area contributed by atoms with Gasteiger partial charge in [0.15, 0.2) is 0 Å². The fourth-order valence-corrected chi connectivity index (χ4v) is 6.29. The third kappa shape index (κ3) is 6.56. The number of carbonyl (C=O) groups excluding carboxylic acids is 1. The van der Waals surface area contributed by atoms with Gasteiger partial charge < -0.3 is 35.6 Å². The van der Waals surface area contributed by atoms with E-state index in [0.717, 1.165) is 12.8 Å². The second-order valence-corrected chi connectivity index (χ2v) is 12.1. The standard InChI is InChI=1S/C37H36N4O7/c42-31-13-10-28(29-11-14-33(44)40-34(29)31)32(43)22-38-20-23-15-17-41(18-16-23)35(45)30-12-9-25(21-39-30)24-5-4-8-27(19-24)37(48,36(46)47)26-6-2-1-3-7-26/h1-14,19,21,23,32,38,42-43,48H,15-18,20,22H2,(H,40,44)(H,46,47)/t32-,37-/m0/s1. The number of benzene rings is 3. The Kier molecular flexibility index (Phi) is 9.35. The zero-order chi connectivity index (χ0) is 33.8. The maximum atomic E-state index is 13.3. The average molecular weight is 649 g/mol. The number of phenols is 1. The number of aliphatic hydroxyl groups is 2. The maximum Gasteiger partial charge on any atom is 0.345 e. The number of rotatable bonds is 10. The van der Waals surface area contributed by atoms with E-state index in [4.69, 9.17) is 0 Å². The number of H-pyrrole nitrogens is 1. The topological polar surface area (TPSA) is 176 Å². The number of aromatic amines is 1. The van der Waals surface area contributed by atoms with Gasteiger partial charge in [0.25, 0.3) is 5.91 Å². The van der Waals surface area contributed by atoms with E-state index in [9.17, 15) is 34.8 Å². The number of phenolic OH excluding ortho intramolecular Hbond substituents is 1. The molecule has 48 heavy (non-hydrogen) atoms. The third-order valence-electron chi connectivity index (χ3n) is 9.04. The number of carboxylic acid groups (broad SMARTS) is 1. The number of nitrogens with zero attached hydrogens (tertiary/aromatic N) is 2. The van der Waals surface area contributed by atoms with Crippen LogP contribution in [0.4, 0.5) is 0 Å². The summed E-state index contributed by atoms with van der Waals surface area (Å²) in [6.45, 7) is 2.10. The quantitative estimate of drug-likeness (QED) is 0.132. The van der Waals surface area contributed by atoms with Crippen molar-refractivity contribution in [3.8, 4) is 16.9 Å². The first-order chi connectivity index (χ1) is 23.1. The number of aromatic nitrogens is 2. The van der Waals surface area contributed by atoms with Crippen LogP contribution in [0.2, 0.25) is 0 Å². The summed E-state index contributed by atoms with van der Waals surface area (Å²) in [6.07, 6.45) is 2.31. The van der Waals surface area contributed by atoms with E-state index in [-0.39, 0.29) is 28.3 Å². The Morgan fingerprint density at radius 3 is 2.40 bits per heavy atom. The molecule has 5 aromatic rings. The highest BCUT2D eigenvalue weighted by atomic mass is 16.4. The van der Waals surface area contributed by atoms with Crippen molar-refractivity contribution in [2.45, 2.75) is 24.5 Å². The van der Waals surface area contributed by atoms with E-state index in [1.165, 1.54) is 12.1 Å². The van der Waals surface area contributed by atoms with Gasteiger partial charge in [0, 0.05) is 48.4 Å². The van der Waals surface area contributed by atoms with Gasteiger partial charge >= 0.3 is 5.97 Å². The summed E-state index contributed by atoms with van der Waals surface area (Å²) in [5.74, 6) is -1.29. The third-order valence-corrected chi connectivity index (χ3v) is 9.04. The zero-order valence-electron chi connectivity index (χ0n) is 26.0. The number of aliphatic hydroxyl groups excluding tert-OH is 1. The Morgan fingerprint density at radius 2 is 1.69 bits per heavy atom. The minimum absolute atomic E-state index is 0.0559. The van der Waals surface area contributed by atoms with Crippen molar-refractivity contribution in [3.05, 3.63) is 130 Å². The van der Waals surface area contributed by atoms with E-state index in [0.29, 0.717) is 65.4 Å². The minimum atomic E-state index is -2.23. The maximum absolute atomic E-state index is 13.3. The highest BCUT2D eigenvalue weighted by Gasteiger charge is 2.40. The van der Waals surface area contributed by atoms with Crippen LogP contribution in [-0.2, 0) is 10.4 Å². The lowest BCUT2D eigenvalue weighted by molar-refractivity contribution is -0.155.